The van der Waals surface area contributed by atoms with E-state index in [1.54, 1.807) is 0 Å². The summed E-state index contributed by atoms with van der Waals surface area (Å²) in [6.07, 6.45) is 0. The molecule has 0 aliphatic carbocycles. The van der Waals surface area contributed by atoms with Crippen LogP contribution in [0, 0.1) is 0 Å². The van der Waals surface area contributed by atoms with Crippen LogP contribution >= 0.6 is 0 Å². The van der Waals surface area contributed by atoms with E-state index in [9.17, 15) is 0 Å². The first-order valence-corrected chi connectivity index (χ1v) is 23.8. The molecule has 5 aromatic heterocycles. The fraction of sp³-hybridized carbons (Fsp3) is 0. The van der Waals surface area contributed by atoms with Crippen LogP contribution in [-0.2, 0) is 0 Å². The summed E-state index contributed by atoms with van der Waals surface area (Å²) in [5.41, 5.74) is 14.0. The average molecular weight is 893 g/mol. The lowest BCUT2D eigenvalue weighted by molar-refractivity contribution is 0.991. The fourth-order valence-electron chi connectivity index (χ4n) is 11.5. The maximum Gasteiger partial charge on any atom is 0.166 e. The van der Waals surface area contributed by atoms with Gasteiger partial charge in [-0.3, -0.25) is 9.13 Å². The summed E-state index contributed by atoms with van der Waals surface area (Å²) in [4.78, 5) is 11.6. The molecule has 6 heteroatoms. The smallest absolute Gasteiger partial charge is 0.166 e. The number of aromatic nitrogens is 6. The maximum atomic E-state index is 5.78. The predicted octanol–water partition coefficient (Wildman–Crippen LogP) is 16.2. The van der Waals surface area contributed by atoms with Crippen LogP contribution in [0.15, 0.2) is 243 Å². The molecule has 0 unspecified atom stereocenters. The van der Waals surface area contributed by atoms with Gasteiger partial charge in [0.2, 0.25) is 0 Å². The third kappa shape index (κ3) is 5.56. The first kappa shape index (κ1) is 38.6. The van der Waals surface area contributed by atoms with Crippen molar-refractivity contribution in [2.75, 3.05) is 0 Å². The average Bonchev–Trinajstić information content (AvgIpc) is 4.16. The minimum Gasteiger partial charge on any atom is -0.309 e. The first-order chi connectivity index (χ1) is 34.8. The minimum absolute atomic E-state index is 0.621. The summed E-state index contributed by atoms with van der Waals surface area (Å²) < 4.78 is 9.42. The highest BCUT2D eigenvalue weighted by atomic mass is 15.2. The van der Waals surface area contributed by atoms with Gasteiger partial charge in [-0.05, 0) is 77.9 Å². The van der Waals surface area contributed by atoms with Crippen molar-refractivity contribution in [2.45, 2.75) is 0 Å². The second-order valence-corrected chi connectivity index (χ2v) is 18.1. The van der Waals surface area contributed by atoms with Crippen LogP contribution in [-0.4, -0.2) is 28.2 Å². The number of nitrogens with zero attached hydrogens (tertiary/aromatic N) is 6. The van der Waals surface area contributed by atoms with E-state index in [4.69, 9.17) is 9.97 Å². The molecule has 0 N–H and O–H groups in total. The Balaban J connectivity index is 1.06. The van der Waals surface area contributed by atoms with Gasteiger partial charge in [0, 0.05) is 54.8 Å². The van der Waals surface area contributed by atoms with Gasteiger partial charge < -0.3 is 9.13 Å². The standard InChI is InChI=1S/C64H40N6/c1-9-27-52-44(18-1)45-19-2-10-28-53(45)67(52)42-38-36-41(37-39-42)43-26-17-35-60(68-54-29-11-3-20-46(54)47-21-4-12-30-55(47)68)63(43)64-65-61(69-56-31-13-5-22-48(56)49-23-6-14-32-57(49)69)40-62(66-64)70-58-33-15-7-24-50(58)51-25-8-16-34-59(51)70/h1-40H. The summed E-state index contributed by atoms with van der Waals surface area (Å²) in [6.45, 7) is 0. The predicted molar refractivity (Wildman–Crippen MR) is 290 cm³/mol. The Morgan fingerprint density at radius 1 is 0.257 bits per heavy atom. The van der Waals surface area contributed by atoms with Gasteiger partial charge in [0.15, 0.2) is 5.82 Å². The molecule has 0 saturated heterocycles. The van der Waals surface area contributed by atoms with Crippen molar-refractivity contribution in [2.24, 2.45) is 0 Å². The van der Waals surface area contributed by atoms with Gasteiger partial charge in [-0.25, -0.2) is 9.97 Å². The van der Waals surface area contributed by atoms with Crippen LogP contribution in [0.2, 0.25) is 0 Å². The van der Waals surface area contributed by atoms with Crippen molar-refractivity contribution in [3.63, 3.8) is 0 Å². The van der Waals surface area contributed by atoms with Gasteiger partial charge in [0.25, 0.3) is 0 Å². The van der Waals surface area contributed by atoms with Crippen molar-refractivity contribution in [3.8, 4) is 45.5 Å². The van der Waals surface area contributed by atoms with Crippen molar-refractivity contribution >= 4 is 87.2 Å². The quantitative estimate of drug-likeness (QED) is 0.167. The van der Waals surface area contributed by atoms with Crippen molar-refractivity contribution in [3.05, 3.63) is 243 Å². The second kappa shape index (κ2) is 15.0. The zero-order valence-electron chi connectivity index (χ0n) is 37.8. The molecule has 10 aromatic carbocycles. The maximum absolute atomic E-state index is 5.78. The van der Waals surface area contributed by atoms with E-state index < -0.39 is 0 Å². The molecular weight excluding hydrogens is 853 g/mol. The summed E-state index contributed by atoms with van der Waals surface area (Å²) in [5, 5.41) is 9.55. The fourth-order valence-corrected chi connectivity index (χ4v) is 11.5. The third-order valence-electron chi connectivity index (χ3n) is 14.4. The Bertz CT molecular complexity index is 4250. The van der Waals surface area contributed by atoms with Crippen molar-refractivity contribution in [1.29, 1.82) is 0 Å². The molecule has 70 heavy (non-hydrogen) atoms. The van der Waals surface area contributed by atoms with Crippen molar-refractivity contribution in [1.82, 2.24) is 28.2 Å². The third-order valence-corrected chi connectivity index (χ3v) is 14.4. The molecule has 15 aromatic rings. The SMILES string of the molecule is c1cc(-c2ccc(-n3c4ccccc4c4ccccc43)cc2)c(-c2nc(-n3c4ccccc4c4ccccc43)cc(-n3c4ccccc4c4ccccc43)n2)c(-n2c3ccccc3c3ccccc32)c1. The molecule has 0 radical (unpaired) electrons. The molecule has 0 atom stereocenters. The molecule has 0 fully saturated rings. The number of para-hydroxylation sites is 8. The van der Waals surface area contributed by atoms with E-state index in [0.29, 0.717) is 5.82 Å². The molecule has 0 amide bonds. The summed E-state index contributed by atoms with van der Waals surface area (Å²) >= 11 is 0. The van der Waals surface area contributed by atoms with E-state index in [2.05, 4.69) is 261 Å². The van der Waals surface area contributed by atoms with Gasteiger partial charge in [-0.15, -0.1) is 0 Å². The molecule has 0 aliphatic heterocycles. The summed E-state index contributed by atoms with van der Waals surface area (Å²) in [6, 6.07) is 87.3. The first-order valence-electron chi connectivity index (χ1n) is 23.8. The normalized spacial score (nSPS) is 12.0. The monoisotopic (exact) mass is 892 g/mol. The van der Waals surface area contributed by atoms with Gasteiger partial charge in [-0.1, -0.05) is 170 Å². The Morgan fingerprint density at radius 3 is 0.929 bits per heavy atom. The lowest BCUT2D eigenvalue weighted by atomic mass is 9.96. The zero-order valence-corrected chi connectivity index (χ0v) is 37.8. The summed E-state index contributed by atoms with van der Waals surface area (Å²) in [7, 11) is 0. The van der Waals surface area contributed by atoms with E-state index >= 15 is 0 Å². The molecule has 0 saturated carbocycles. The zero-order chi connectivity index (χ0) is 45.9. The number of fused-ring (bicyclic) bond motifs is 12. The van der Waals surface area contributed by atoms with Crippen LogP contribution < -0.4 is 0 Å². The van der Waals surface area contributed by atoms with E-state index in [1.165, 1.54) is 54.1 Å². The van der Waals surface area contributed by atoms with Gasteiger partial charge in [0.05, 0.1) is 55.4 Å². The summed E-state index contributed by atoms with van der Waals surface area (Å²) in [5.74, 6) is 2.18. The second-order valence-electron chi connectivity index (χ2n) is 18.1. The Labute approximate surface area is 401 Å². The molecule has 0 aliphatic rings. The Kier molecular flexibility index (Phi) is 8.26. The van der Waals surface area contributed by atoms with Crippen LogP contribution in [0.4, 0.5) is 0 Å². The molecule has 15 rings (SSSR count). The highest BCUT2D eigenvalue weighted by molar-refractivity contribution is 6.13. The molecule has 0 bridgehead atoms. The highest BCUT2D eigenvalue weighted by Gasteiger charge is 2.25. The minimum atomic E-state index is 0.621. The number of hydrogen-bond donors (Lipinski definition) is 0. The van der Waals surface area contributed by atoms with Gasteiger partial charge in [0.1, 0.15) is 11.6 Å². The van der Waals surface area contributed by atoms with Crippen molar-refractivity contribution < 1.29 is 0 Å². The van der Waals surface area contributed by atoms with Gasteiger partial charge in [-0.2, -0.15) is 0 Å². The highest BCUT2D eigenvalue weighted by Crippen LogP contribution is 2.43. The van der Waals surface area contributed by atoms with E-state index in [-0.39, 0.29) is 0 Å². The lowest BCUT2D eigenvalue weighted by Crippen LogP contribution is -2.08. The largest absolute Gasteiger partial charge is 0.309 e. The number of hydrogen-bond acceptors (Lipinski definition) is 2. The number of benzene rings is 10. The molecule has 0 spiro atoms. The van der Waals surface area contributed by atoms with Crippen LogP contribution in [0.1, 0.15) is 0 Å². The van der Waals surface area contributed by atoms with Crippen LogP contribution in [0.3, 0.4) is 0 Å². The van der Waals surface area contributed by atoms with E-state index in [1.807, 2.05) is 0 Å². The molecular formula is C64H40N6. The van der Waals surface area contributed by atoms with E-state index in [0.717, 1.165) is 72.8 Å². The Hall–Kier alpha value is -9.52. The molecule has 5 heterocycles. The number of rotatable bonds is 6. The Morgan fingerprint density at radius 2 is 0.571 bits per heavy atom. The van der Waals surface area contributed by atoms with Gasteiger partial charge >= 0.3 is 0 Å². The van der Waals surface area contributed by atoms with Crippen LogP contribution in [0.5, 0.6) is 0 Å². The molecule has 6 nitrogen and oxygen atoms in total. The molecule has 326 valence electrons. The lowest BCUT2D eigenvalue weighted by Gasteiger charge is -2.20. The topological polar surface area (TPSA) is 45.5 Å². The van der Waals surface area contributed by atoms with Crippen LogP contribution in [0.25, 0.3) is 133 Å².